The first kappa shape index (κ1) is 15.8. The second-order valence-corrected chi connectivity index (χ2v) is 5.01. The molecule has 0 aromatic carbocycles. The molecule has 1 aliphatic heterocycles. The van der Waals surface area contributed by atoms with Gasteiger partial charge in [-0.2, -0.15) is 0 Å². The molecule has 1 rings (SSSR count). The lowest BCUT2D eigenvalue weighted by molar-refractivity contribution is -0.140. The molecule has 1 heterocycles. The van der Waals surface area contributed by atoms with Crippen LogP contribution in [0.25, 0.3) is 0 Å². The smallest absolute Gasteiger partial charge is 0.317 e. The quantitative estimate of drug-likeness (QED) is 0.736. The molecular formula is C13H24N2O4. The van der Waals surface area contributed by atoms with Crippen LogP contribution in [0.5, 0.6) is 0 Å². The SMILES string of the molecule is COC(=O)CCN(CC1CCCO1)C(=O)NC(C)C. The van der Waals surface area contributed by atoms with Crippen molar-refractivity contribution in [2.24, 2.45) is 0 Å². The third kappa shape index (κ3) is 5.92. The van der Waals surface area contributed by atoms with Crippen molar-refractivity contribution in [2.75, 3.05) is 26.8 Å². The van der Waals surface area contributed by atoms with Crippen LogP contribution in [0.1, 0.15) is 33.1 Å². The van der Waals surface area contributed by atoms with E-state index in [1.807, 2.05) is 13.8 Å². The molecule has 0 aliphatic carbocycles. The van der Waals surface area contributed by atoms with E-state index in [-0.39, 0.29) is 30.6 Å². The van der Waals surface area contributed by atoms with Gasteiger partial charge in [0, 0.05) is 25.7 Å². The van der Waals surface area contributed by atoms with Crippen LogP contribution in [-0.2, 0) is 14.3 Å². The average molecular weight is 272 g/mol. The van der Waals surface area contributed by atoms with Crippen LogP contribution in [0.15, 0.2) is 0 Å². The fraction of sp³-hybridized carbons (Fsp3) is 0.846. The third-order valence-electron chi connectivity index (χ3n) is 2.96. The van der Waals surface area contributed by atoms with Crippen LogP contribution < -0.4 is 5.32 Å². The van der Waals surface area contributed by atoms with E-state index in [4.69, 9.17) is 4.74 Å². The Kier molecular flexibility index (Phi) is 6.62. The minimum atomic E-state index is -0.310. The number of methoxy groups -OCH3 is 1. The third-order valence-corrected chi connectivity index (χ3v) is 2.96. The van der Waals surface area contributed by atoms with Gasteiger partial charge in [0.2, 0.25) is 0 Å². The largest absolute Gasteiger partial charge is 0.469 e. The molecule has 110 valence electrons. The summed E-state index contributed by atoms with van der Waals surface area (Å²) in [6, 6.07) is -0.0907. The first-order valence-electron chi connectivity index (χ1n) is 6.76. The van der Waals surface area contributed by atoms with Crippen molar-refractivity contribution >= 4 is 12.0 Å². The lowest BCUT2D eigenvalue weighted by Gasteiger charge is -2.26. The van der Waals surface area contributed by atoms with Crippen LogP contribution in [-0.4, -0.2) is 55.9 Å². The summed E-state index contributed by atoms with van der Waals surface area (Å²) in [5, 5.41) is 2.84. The highest BCUT2D eigenvalue weighted by Crippen LogP contribution is 2.13. The number of ether oxygens (including phenoxy) is 2. The van der Waals surface area contributed by atoms with E-state index in [1.54, 1.807) is 4.90 Å². The van der Waals surface area contributed by atoms with Gasteiger partial charge in [-0.15, -0.1) is 0 Å². The van der Waals surface area contributed by atoms with E-state index in [2.05, 4.69) is 10.1 Å². The zero-order valence-electron chi connectivity index (χ0n) is 12.0. The van der Waals surface area contributed by atoms with Gasteiger partial charge in [-0.1, -0.05) is 0 Å². The van der Waals surface area contributed by atoms with Gasteiger partial charge >= 0.3 is 12.0 Å². The Bertz CT molecular complexity index is 301. The zero-order chi connectivity index (χ0) is 14.3. The highest BCUT2D eigenvalue weighted by molar-refractivity contribution is 5.75. The maximum absolute atomic E-state index is 12.0. The number of esters is 1. The highest BCUT2D eigenvalue weighted by atomic mass is 16.5. The van der Waals surface area contributed by atoms with Gasteiger partial charge in [0.1, 0.15) is 0 Å². The summed E-state index contributed by atoms with van der Waals surface area (Å²) in [5.41, 5.74) is 0. The van der Waals surface area contributed by atoms with Gasteiger partial charge in [0.15, 0.2) is 0 Å². The molecular weight excluding hydrogens is 248 g/mol. The van der Waals surface area contributed by atoms with Gasteiger partial charge in [-0.25, -0.2) is 4.79 Å². The zero-order valence-corrected chi connectivity index (χ0v) is 12.0. The Morgan fingerprint density at radius 3 is 2.74 bits per heavy atom. The molecule has 6 heteroatoms. The number of carbonyl (C=O) groups is 2. The molecule has 0 aromatic rings. The summed E-state index contributed by atoms with van der Waals surface area (Å²) in [6.45, 7) is 5.44. The van der Waals surface area contributed by atoms with Crippen molar-refractivity contribution in [3.05, 3.63) is 0 Å². The normalized spacial score (nSPS) is 18.4. The average Bonchev–Trinajstić information content (AvgIpc) is 2.85. The van der Waals surface area contributed by atoms with Gasteiger partial charge in [-0.05, 0) is 26.7 Å². The Morgan fingerprint density at radius 1 is 1.47 bits per heavy atom. The molecule has 2 amide bonds. The van der Waals surface area contributed by atoms with Crippen molar-refractivity contribution in [3.63, 3.8) is 0 Å². The van der Waals surface area contributed by atoms with E-state index in [1.165, 1.54) is 7.11 Å². The van der Waals surface area contributed by atoms with Crippen molar-refractivity contribution in [3.8, 4) is 0 Å². The predicted octanol–water partition coefficient (Wildman–Crippen LogP) is 1.15. The molecule has 0 spiro atoms. The van der Waals surface area contributed by atoms with E-state index in [9.17, 15) is 9.59 Å². The Labute approximate surface area is 114 Å². The van der Waals surface area contributed by atoms with Crippen molar-refractivity contribution < 1.29 is 19.1 Å². The minimum absolute atomic E-state index is 0.0672. The van der Waals surface area contributed by atoms with E-state index >= 15 is 0 Å². The molecule has 1 fully saturated rings. The maximum Gasteiger partial charge on any atom is 0.317 e. The summed E-state index contributed by atoms with van der Waals surface area (Å²) in [6.07, 6.45) is 2.27. The number of amides is 2. The van der Waals surface area contributed by atoms with Crippen LogP contribution in [0.3, 0.4) is 0 Å². The van der Waals surface area contributed by atoms with Crippen molar-refractivity contribution in [2.45, 2.75) is 45.3 Å². The predicted molar refractivity (Wildman–Crippen MR) is 70.8 cm³/mol. The summed E-state index contributed by atoms with van der Waals surface area (Å²) in [5.74, 6) is -0.310. The number of nitrogens with zero attached hydrogens (tertiary/aromatic N) is 1. The molecule has 0 bridgehead atoms. The molecule has 1 N–H and O–H groups in total. The Morgan fingerprint density at radius 2 is 2.21 bits per heavy atom. The maximum atomic E-state index is 12.0. The summed E-state index contributed by atoms with van der Waals surface area (Å²) >= 11 is 0. The lowest BCUT2D eigenvalue weighted by atomic mass is 10.2. The topological polar surface area (TPSA) is 67.9 Å². The van der Waals surface area contributed by atoms with Gasteiger partial charge in [0.05, 0.1) is 19.6 Å². The summed E-state index contributed by atoms with van der Waals surface area (Å²) in [7, 11) is 1.35. The van der Waals surface area contributed by atoms with Crippen LogP contribution in [0, 0.1) is 0 Å². The van der Waals surface area contributed by atoms with Gasteiger partial charge in [-0.3, -0.25) is 4.79 Å². The molecule has 0 aromatic heterocycles. The molecule has 1 saturated heterocycles. The number of hydrogen-bond donors (Lipinski definition) is 1. The highest BCUT2D eigenvalue weighted by Gasteiger charge is 2.23. The standard InChI is InChI=1S/C13H24N2O4/c1-10(2)14-13(17)15(7-6-12(16)18-3)9-11-5-4-8-19-11/h10-11H,4-9H2,1-3H3,(H,14,17). The number of carbonyl (C=O) groups excluding carboxylic acids is 2. The first-order valence-corrected chi connectivity index (χ1v) is 6.76. The monoisotopic (exact) mass is 272 g/mol. The van der Waals surface area contributed by atoms with Crippen LogP contribution in [0.2, 0.25) is 0 Å². The Hall–Kier alpha value is -1.30. The molecule has 1 aliphatic rings. The molecule has 0 radical (unpaired) electrons. The van der Waals surface area contributed by atoms with Crippen molar-refractivity contribution in [1.82, 2.24) is 10.2 Å². The Balaban J connectivity index is 2.50. The molecule has 1 atom stereocenters. The second-order valence-electron chi connectivity index (χ2n) is 5.01. The lowest BCUT2D eigenvalue weighted by Crippen LogP contribution is -2.46. The fourth-order valence-corrected chi connectivity index (χ4v) is 1.98. The summed E-state index contributed by atoms with van der Waals surface area (Å²) in [4.78, 5) is 24.9. The second kappa shape index (κ2) is 7.99. The minimum Gasteiger partial charge on any atom is -0.469 e. The molecule has 19 heavy (non-hydrogen) atoms. The number of nitrogens with one attached hydrogen (secondary N) is 1. The molecule has 1 unspecified atom stereocenters. The van der Waals surface area contributed by atoms with E-state index in [0.29, 0.717) is 13.1 Å². The fourth-order valence-electron chi connectivity index (χ4n) is 1.98. The van der Waals surface area contributed by atoms with Gasteiger partial charge < -0.3 is 19.7 Å². The van der Waals surface area contributed by atoms with Gasteiger partial charge in [0.25, 0.3) is 0 Å². The number of urea groups is 1. The van der Waals surface area contributed by atoms with Crippen LogP contribution >= 0.6 is 0 Å². The number of hydrogen-bond acceptors (Lipinski definition) is 4. The molecule has 6 nitrogen and oxygen atoms in total. The number of rotatable bonds is 6. The van der Waals surface area contributed by atoms with Crippen molar-refractivity contribution in [1.29, 1.82) is 0 Å². The summed E-state index contributed by atoms with van der Waals surface area (Å²) < 4.78 is 10.1. The first-order chi connectivity index (χ1) is 9.02. The molecule has 0 saturated carbocycles. The van der Waals surface area contributed by atoms with E-state index in [0.717, 1.165) is 19.4 Å². The van der Waals surface area contributed by atoms with Crippen LogP contribution in [0.4, 0.5) is 4.79 Å². The van der Waals surface area contributed by atoms with E-state index < -0.39 is 0 Å².